The highest BCUT2D eigenvalue weighted by Crippen LogP contribution is 2.17. The molecule has 3 rings (SSSR count). The standard InChI is InChI=1S/C19H19N/c1-2-15-6-5-9-19(13-15)20-14-16-10-11-17-7-3-4-8-18(17)12-16/h3-13,20H,2,14H2,1H3. The Hall–Kier alpha value is -2.28. The summed E-state index contributed by atoms with van der Waals surface area (Å²) in [5, 5.41) is 6.10. The van der Waals surface area contributed by atoms with Gasteiger partial charge in [0.2, 0.25) is 0 Å². The van der Waals surface area contributed by atoms with Crippen LogP contribution in [0.25, 0.3) is 10.8 Å². The lowest BCUT2D eigenvalue weighted by molar-refractivity contribution is 1.12. The molecule has 0 aliphatic rings. The summed E-state index contributed by atoms with van der Waals surface area (Å²) in [6, 6.07) is 23.7. The van der Waals surface area contributed by atoms with Gasteiger partial charge in [-0.25, -0.2) is 0 Å². The van der Waals surface area contributed by atoms with Gasteiger partial charge >= 0.3 is 0 Å². The summed E-state index contributed by atoms with van der Waals surface area (Å²) in [6.07, 6.45) is 1.07. The third kappa shape index (κ3) is 2.83. The fraction of sp³-hybridized carbons (Fsp3) is 0.158. The highest BCUT2D eigenvalue weighted by molar-refractivity contribution is 5.83. The van der Waals surface area contributed by atoms with E-state index < -0.39 is 0 Å². The lowest BCUT2D eigenvalue weighted by Gasteiger charge is -2.09. The number of nitrogens with one attached hydrogen (secondary N) is 1. The van der Waals surface area contributed by atoms with Crippen molar-refractivity contribution in [3.05, 3.63) is 77.9 Å². The van der Waals surface area contributed by atoms with Crippen molar-refractivity contribution < 1.29 is 0 Å². The Morgan fingerprint density at radius 3 is 2.45 bits per heavy atom. The number of rotatable bonds is 4. The largest absolute Gasteiger partial charge is 0.381 e. The first-order valence-corrected chi connectivity index (χ1v) is 7.15. The number of hydrogen-bond acceptors (Lipinski definition) is 1. The summed E-state index contributed by atoms with van der Waals surface area (Å²) < 4.78 is 0. The lowest BCUT2D eigenvalue weighted by atomic mass is 10.1. The van der Waals surface area contributed by atoms with E-state index in [0.29, 0.717) is 0 Å². The van der Waals surface area contributed by atoms with Crippen LogP contribution in [0.3, 0.4) is 0 Å². The molecule has 0 aromatic heterocycles. The number of hydrogen-bond donors (Lipinski definition) is 1. The van der Waals surface area contributed by atoms with E-state index in [1.54, 1.807) is 0 Å². The zero-order valence-electron chi connectivity index (χ0n) is 11.8. The molecule has 0 radical (unpaired) electrons. The van der Waals surface area contributed by atoms with E-state index in [1.807, 2.05) is 0 Å². The summed E-state index contributed by atoms with van der Waals surface area (Å²) >= 11 is 0. The van der Waals surface area contributed by atoms with Crippen LogP contribution in [0.15, 0.2) is 66.7 Å². The third-order valence-corrected chi connectivity index (χ3v) is 3.65. The Labute approximate surface area is 120 Å². The first-order chi connectivity index (χ1) is 9.85. The Bertz CT molecular complexity index is 716. The summed E-state index contributed by atoms with van der Waals surface area (Å²) in [5.41, 5.74) is 3.87. The molecule has 0 amide bonds. The average Bonchev–Trinajstić information content (AvgIpc) is 2.53. The molecule has 1 N–H and O–H groups in total. The van der Waals surface area contributed by atoms with Crippen LogP contribution in [-0.4, -0.2) is 0 Å². The average molecular weight is 261 g/mol. The van der Waals surface area contributed by atoms with Gasteiger partial charge in [0, 0.05) is 12.2 Å². The normalized spacial score (nSPS) is 10.7. The first-order valence-electron chi connectivity index (χ1n) is 7.15. The minimum Gasteiger partial charge on any atom is -0.381 e. The van der Waals surface area contributed by atoms with Crippen LogP contribution in [0.2, 0.25) is 0 Å². The van der Waals surface area contributed by atoms with Gasteiger partial charge in [-0.15, -0.1) is 0 Å². The zero-order chi connectivity index (χ0) is 13.8. The molecule has 0 saturated carbocycles. The maximum atomic E-state index is 3.50. The molecule has 1 heteroatoms. The third-order valence-electron chi connectivity index (χ3n) is 3.65. The second kappa shape index (κ2) is 5.79. The van der Waals surface area contributed by atoms with Crippen molar-refractivity contribution >= 4 is 16.5 Å². The van der Waals surface area contributed by atoms with Crippen molar-refractivity contribution in [2.24, 2.45) is 0 Å². The summed E-state index contributed by atoms with van der Waals surface area (Å²) in [5.74, 6) is 0. The molecule has 0 fully saturated rings. The summed E-state index contributed by atoms with van der Waals surface area (Å²) in [6.45, 7) is 3.04. The topological polar surface area (TPSA) is 12.0 Å². The predicted molar refractivity (Wildman–Crippen MR) is 87.1 cm³/mol. The van der Waals surface area contributed by atoms with Gasteiger partial charge < -0.3 is 5.32 Å². The highest BCUT2D eigenvalue weighted by atomic mass is 14.9. The molecule has 0 heterocycles. The fourth-order valence-electron chi connectivity index (χ4n) is 2.45. The van der Waals surface area contributed by atoms with E-state index >= 15 is 0 Å². The first kappa shape index (κ1) is 12.7. The summed E-state index contributed by atoms with van der Waals surface area (Å²) in [7, 11) is 0. The van der Waals surface area contributed by atoms with Crippen LogP contribution in [-0.2, 0) is 13.0 Å². The molecule has 20 heavy (non-hydrogen) atoms. The van der Waals surface area contributed by atoms with Gasteiger partial charge in [0.1, 0.15) is 0 Å². The predicted octanol–water partition coefficient (Wildman–Crippen LogP) is 5.01. The molecule has 0 aliphatic carbocycles. The molecule has 0 unspecified atom stereocenters. The van der Waals surface area contributed by atoms with Crippen molar-refractivity contribution in [1.29, 1.82) is 0 Å². The van der Waals surface area contributed by atoms with Crippen molar-refractivity contribution in [3.63, 3.8) is 0 Å². The number of fused-ring (bicyclic) bond motifs is 1. The van der Waals surface area contributed by atoms with Crippen LogP contribution in [0.4, 0.5) is 5.69 Å². The van der Waals surface area contributed by atoms with E-state index in [2.05, 4.69) is 79.0 Å². The SMILES string of the molecule is CCc1cccc(NCc2ccc3ccccc3c2)c1. The molecule has 0 saturated heterocycles. The number of aryl methyl sites for hydroxylation is 1. The number of anilines is 1. The molecule has 0 bridgehead atoms. The molecule has 3 aromatic carbocycles. The van der Waals surface area contributed by atoms with E-state index in [9.17, 15) is 0 Å². The molecule has 0 spiro atoms. The quantitative estimate of drug-likeness (QED) is 0.695. The van der Waals surface area contributed by atoms with Gasteiger partial charge in [-0.05, 0) is 46.5 Å². The van der Waals surface area contributed by atoms with Crippen LogP contribution >= 0.6 is 0 Å². The fourth-order valence-corrected chi connectivity index (χ4v) is 2.45. The van der Waals surface area contributed by atoms with Gasteiger partial charge in [0.05, 0.1) is 0 Å². The van der Waals surface area contributed by atoms with E-state index in [-0.39, 0.29) is 0 Å². The number of benzene rings is 3. The van der Waals surface area contributed by atoms with Crippen LogP contribution in [0, 0.1) is 0 Å². The van der Waals surface area contributed by atoms with Gasteiger partial charge in [-0.1, -0.05) is 55.5 Å². The minimum atomic E-state index is 0.859. The Morgan fingerprint density at radius 2 is 1.60 bits per heavy atom. The molecular weight excluding hydrogens is 242 g/mol. The van der Waals surface area contributed by atoms with Gasteiger partial charge in [0.15, 0.2) is 0 Å². The van der Waals surface area contributed by atoms with Gasteiger partial charge in [-0.3, -0.25) is 0 Å². The lowest BCUT2D eigenvalue weighted by Crippen LogP contribution is -1.99. The molecular formula is C19H19N. The maximum Gasteiger partial charge on any atom is 0.0401 e. The highest BCUT2D eigenvalue weighted by Gasteiger charge is 1.98. The van der Waals surface area contributed by atoms with Gasteiger partial charge in [-0.2, -0.15) is 0 Å². The second-order valence-corrected chi connectivity index (χ2v) is 5.09. The smallest absolute Gasteiger partial charge is 0.0401 e. The van der Waals surface area contributed by atoms with E-state index in [1.165, 1.54) is 27.6 Å². The van der Waals surface area contributed by atoms with E-state index in [0.717, 1.165) is 13.0 Å². The monoisotopic (exact) mass is 261 g/mol. The van der Waals surface area contributed by atoms with Crippen molar-refractivity contribution in [3.8, 4) is 0 Å². The van der Waals surface area contributed by atoms with Crippen LogP contribution in [0.5, 0.6) is 0 Å². The molecule has 1 nitrogen and oxygen atoms in total. The molecule has 100 valence electrons. The zero-order valence-corrected chi connectivity index (χ0v) is 11.8. The second-order valence-electron chi connectivity index (χ2n) is 5.09. The summed E-state index contributed by atoms with van der Waals surface area (Å²) in [4.78, 5) is 0. The van der Waals surface area contributed by atoms with Crippen LogP contribution < -0.4 is 5.32 Å². The van der Waals surface area contributed by atoms with Gasteiger partial charge in [0.25, 0.3) is 0 Å². The molecule has 0 atom stereocenters. The van der Waals surface area contributed by atoms with Crippen molar-refractivity contribution in [2.45, 2.75) is 19.9 Å². The maximum absolute atomic E-state index is 3.50. The van der Waals surface area contributed by atoms with Crippen LogP contribution in [0.1, 0.15) is 18.1 Å². The molecule has 0 aliphatic heterocycles. The Morgan fingerprint density at radius 1 is 0.750 bits per heavy atom. The Kier molecular flexibility index (Phi) is 3.69. The molecule has 3 aromatic rings. The van der Waals surface area contributed by atoms with E-state index in [4.69, 9.17) is 0 Å². The minimum absolute atomic E-state index is 0.859. The van der Waals surface area contributed by atoms with Crippen molar-refractivity contribution in [1.82, 2.24) is 0 Å². The Balaban J connectivity index is 1.76. The van der Waals surface area contributed by atoms with Crippen molar-refractivity contribution in [2.75, 3.05) is 5.32 Å².